The molecule has 1 fully saturated rings. The maximum atomic E-state index is 11.0. The molecular formula is C9H16O5S. The van der Waals surface area contributed by atoms with E-state index in [1.807, 2.05) is 0 Å². The fraction of sp³-hybridized carbons (Fsp3) is 0.889. The van der Waals surface area contributed by atoms with Crippen LogP contribution in [0.4, 0.5) is 0 Å². The van der Waals surface area contributed by atoms with E-state index in [2.05, 4.69) is 4.74 Å². The molecule has 5 nitrogen and oxygen atoms in total. The minimum Gasteiger partial charge on any atom is -0.468 e. The standard InChI is InChI=1S/C9H16O5S/c1-11-7(10)5-15-6-4-8(12-2)14-9(6)13-3/h6,8-9H,4-5H2,1-3H3. The van der Waals surface area contributed by atoms with Crippen LogP contribution in [0.2, 0.25) is 0 Å². The summed E-state index contributed by atoms with van der Waals surface area (Å²) in [5, 5.41) is 0.110. The van der Waals surface area contributed by atoms with Gasteiger partial charge in [-0.2, -0.15) is 0 Å². The summed E-state index contributed by atoms with van der Waals surface area (Å²) in [6.45, 7) is 0. The molecule has 0 saturated carbocycles. The summed E-state index contributed by atoms with van der Waals surface area (Å²) in [6.07, 6.45) is 0.158. The monoisotopic (exact) mass is 236 g/mol. The average Bonchev–Trinajstić information content (AvgIpc) is 2.68. The van der Waals surface area contributed by atoms with Crippen LogP contribution in [0.1, 0.15) is 6.42 Å². The summed E-state index contributed by atoms with van der Waals surface area (Å²) < 4.78 is 20.2. The van der Waals surface area contributed by atoms with E-state index in [1.165, 1.54) is 18.9 Å². The van der Waals surface area contributed by atoms with E-state index in [4.69, 9.17) is 14.2 Å². The quantitative estimate of drug-likeness (QED) is 0.652. The molecule has 6 heteroatoms. The third-order valence-electron chi connectivity index (χ3n) is 2.15. The molecule has 0 aliphatic carbocycles. The Morgan fingerprint density at radius 1 is 1.40 bits per heavy atom. The second-order valence-corrected chi connectivity index (χ2v) is 4.29. The van der Waals surface area contributed by atoms with Crippen molar-refractivity contribution < 1.29 is 23.7 Å². The summed E-state index contributed by atoms with van der Waals surface area (Å²) in [7, 11) is 4.54. The summed E-state index contributed by atoms with van der Waals surface area (Å²) in [5.74, 6) is 0.0663. The van der Waals surface area contributed by atoms with Gasteiger partial charge in [0.25, 0.3) is 0 Å². The van der Waals surface area contributed by atoms with Gasteiger partial charge in [-0.1, -0.05) is 0 Å². The first-order chi connectivity index (χ1) is 7.21. The summed E-state index contributed by atoms with van der Waals surface area (Å²) in [4.78, 5) is 11.0. The molecule has 1 saturated heterocycles. The van der Waals surface area contributed by atoms with E-state index in [0.717, 1.165) is 6.42 Å². The molecule has 15 heavy (non-hydrogen) atoms. The van der Waals surface area contributed by atoms with Gasteiger partial charge >= 0.3 is 5.97 Å². The lowest BCUT2D eigenvalue weighted by atomic mass is 10.3. The molecule has 0 N–H and O–H groups in total. The number of esters is 1. The second kappa shape index (κ2) is 6.32. The molecule has 3 atom stereocenters. The van der Waals surface area contributed by atoms with Gasteiger partial charge in [-0.25, -0.2) is 0 Å². The van der Waals surface area contributed by atoms with Crippen molar-refractivity contribution in [2.75, 3.05) is 27.1 Å². The summed E-state index contributed by atoms with van der Waals surface area (Å²) >= 11 is 1.46. The average molecular weight is 236 g/mol. The van der Waals surface area contributed by atoms with Gasteiger partial charge in [-0.15, -0.1) is 11.8 Å². The minimum absolute atomic E-state index is 0.110. The van der Waals surface area contributed by atoms with Crippen LogP contribution < -0.4 is 0 Å². The number of hydrogen-bond donors (Lipinski definition) is 0. The van der Waals surface area contributed by atoms with Crippen LogP contribution in [0.3, 0.4) is 0 Å². The predicted molar refractivity (Wildman–Crippen MR) is 55.6 cm³/mol. The van der Waals surface area contributed by atoms with Crippen LogP contribution in [0.5, 0.6) is 0 Å². The molecule has 0 spiro atoms. The van der Waals surface area contributed by atoms with Crippen molar-refractivity contribution in [2.45, 2.75) is 24.3 Å². The minimum atomic E-state index is -0.315. The molecule has 1 aliphatic heterocycles. The normalized spacial score (nSPS) is 30.5. The number of carbonyl (C=O) groups is 1. The first-order valence-corrected chi connectivity index (χ1v) is 5.65. The Morgan fingerprint density at radius 3 is 2.67 bits per heavy atom. The van der Waals surface area contributed by atoms with E-state index < -0.39 is 0 Å². The van der Waals surface area contributed by atoms with Gasteiger partial charge in [0, 0.05) is 20.6 Å². The zero-order chi connectivity index (χ0) is 11.3. The van der Waals surface area contributed by atoms with E-state index in [1.54, 1.807) is 14.2 Å². The molecule has 0 radical (unpaired) electrons. The Morgan fingerprint density at radius 2 is 2.13 bits per heavy atom. The Labute approximate surface area is 93.4 Å². The lowest BCUT2D eigenvalue weighted by Gasteiger charge is -2.15. The molecule has 1 rings (SSSR count). The molecule has 3 unspecified atom stereocenters. The van der Waals surface area contributed by atoms with Crippen molar-refractivity contribution in [3.8, 4) is 0 Å². The van der Waals surface area contributed by atoms with Crippen LogP contribution in [0, 0.1) is 0 Å². The molecule has 0 aromatic carbocycles. The molecule has 0 amide bonds. The van der Waals surface area contributed by atoms with Gasteiger partial charge in [-0.05, 0) is 0 Å². The first kappa shape index (κ1) is 12.8. The summed E-state index contributed by atoms with van der Waals surface area (Å²) in [6, 6.07) is 0. The fourth-order valence-electron chi connectivity index (χ4n) is 1.33. The van der Waals surface area contributed by atoms with Gasteiger partial charge < -0.3 is 18.9 Å². The smallest absolute Gasteiger partial charge is 0.315 e. The first-order valence-electron chi connectivity index (χ1n) is 4.60. The van der Waals surface area contributed by atoms with Crippen molar-refractivity contribution in [3.05, 3.63) is 0 Å². The lowest BCUT2D eigenvalue weighted by Crippen LogP contribution is -2.22. The third-order valence-corrected chi connectivity index (χ3v) is 3.40. The molecule has 0 bridgehead atoms. The highest BCUT2D eigenvalue weighted by atomic mass is 32.2. The van der Waals surface area contributed by atoms with E-state index in [9.17, 15) is 4.79 Å². The van der Waals surface area contributed by atoms with Crippen LogP contribution in [0.15, 0.2) is 0 Å². The Hall–Kier alpha value is -0.300. The van der Waals surface area contributed by atoms with Gasteiger partial charge in [-0.3, -0.25) is 4.79 Å². The highest BCUT2D eigenvalue weighted by Crippen LogP contribution is 2.31. The zero-order valence-electron chi connectivity index (χ0n) is 9.10. The Balaban J connectivity index is 2.36. The largest absolute Gasteiger partial charge is 0.468 e. The highest BCUT2D eigenvalue weighted by Gasteiger charge is 2.36. The molecule has 1 aliphatic rings. The molecule has 88 valence electrons. The van der Waals surface area contributed by atoms with Crippen molar-refractivity contribution in [1.82, 2.24) is 0 Å². The second-order valence-electron chi connectivity index (χ2n) is 3.07. The number of rotatable bonds is 5. The molecule has 1 heterocycles. The SMILES string of the molecule is COC(=O)CSC1CC(OC)OC1OC. The van der Waals surface area contributed by atoms with E-state index >= 15 is 0 Å². The number of carbonyl (C=O) groups excluding carboxylic acids is 1. The zero-order valence-corrected chi connectivity index (χ0v) is 9.91. The van der Waals surface area contributed by atoms with Crippen molar-refractivity contribution >= 4 is 17.7 Å². The number of methoxy groups -OCH3 is 3. The molecule has 0 aromatic heterocycles. The Bertz CT molecular complexity index is 211. The lowest BCUT2D eigenvalue weighted by molar-refractivity contribution is -0.185. The van der Waals surface area contributed by atoms with Crippen molar-refractivity contribution in [2.24, 2.45) is 0 Å². The van der Waals surface area contributed by atoms with Crippen LogP contribution in [-0.2, 0) is 23.7 Å². The van der Waals surface area contributed by atoms with E-state index in [0.29, 0.717) is 5.75 Å². The maximum Gasteiger partial charge on any atom is 0.315 e. The maximum absolute atomic E-state index is 11.0. The van der Waals surface area contributed by atoms with Gasteiger partial charge in [0.05, 0.1) is 18.1 Å². The number of ether oxygens (including phenoxy) is 4. The van der Waals surface area contributed by atoms with Crippen molar-refractivity contribution in [1.29, 1.82) is 0 Å². The van der Waals surface area contributed by atoms with Gasteiger partial charge in [0.15, 0.2) is 12.6 Å². The number of hydrogen-bond acceptors (Lipinski definition) is 6. The van der Waals surface area contributed by atoms with Gasteiger partial charge in [0.2, 0.25) is 0 Å². The fourth-order valence-corrected chi connectivity index (χ4v) is 2.43. The third kappa shape index (κ3) is 3.64. The summed E-state index contributed by atoms with van der Waals surface area (Å²) in [5.41, 5.74) is 0. The van der Waals surface area contributed by atoms with Crippen LogP contribution in [-0.4, -0.2) is 50.9 Å². The molecular weight excluding hydrogens is 220 g/mol. The number of thioether (sulfide) groups is 1. The topological polar surface area (TPSA) is 54.0 Å². The van der Waals surface area contributed by atoms with Crippen LogP contribution in [0.25, 0.3) is 0 Å². The van der Waals surface area contributed by atoms with Gasteiger partial charge in [0.1, 0.15) is 0 Å². The highest BCUT2D eigenvalue weighted by molar-refractivity contribution is 8.00. The van der Waals surface area contributed by atoms with Crippen LogP contribution >= 0.6 is 11.8 Å². The van der Waals surface area contributed by atoms with Crippen molar-refractivity contribution in [3.63, 3.8) is 0 Å². The predicted octanol–water partition coefficient (Wildman–Crippen LogP) is 0.626. The molecule has 0 aromatic rings. The Kier molecular flexibility index (Phi) is 5.38. The van der Waals surface area contributed by atoms with E-state index in [-0.39, 0.29) is 23.8 Å².